The Labute approximate surface area is 614 Å². The van der Waals surface area contributed by atoms with Crippen LogP contribution in [0.25, 0.3) is 0 Å². The summed E-state index contributed by atoms with van der Waals surface area (Å²) in [5.41, 5.74) is 0. The summed E-state index contributed by atoms with van der Waals surface area (Å²) in [7, 11) is 15.0. The third-order valence-electron chi connectivity index (χ3n) is 16.5. The van der Waals surface area contributed by atoms with Crippen LogP contribution in [0, 0.1) is 0 Å². The quantitative estimate of drug-likeness (QED) is 0.0424. The first-order chi connectivity index (χ1) is 49.2. The van der Waals surface area contributed by atoms with Crippen LogP contribution in [0.3, 0.4) is 0 Å². The Morgan fingerprint density at radius 3 is 0.267 bits per heavy atom. The smallest absolute Gasteiger partial charge is 0.161 e. The molecule has 12 aromatic carbocycles. The van der Waals surface area contributed by atoms with E-state index in [-0.39, 0.29) is 20.4 Å². The van der Waals surface area contributed by atoms with Crippen LogP contribution < -0.4 is 120 Å². The minimum absolute atomic E-state index is 0. The van der Waals surface area contributed by atoms with Gasteiger partial charge in [-0.05, 0) is 146 Å². The molecule has 0 bridgehead atoms. The predicted molar refractivity (Wildman–Crippen MR) is 425 cm³/mol. The molecule has 12 nitrogen and oxygen atoms in total. The van der Waals surface area contributed by atoms with Gasteiger partial charge in [0.25, 0.3) is 0 Å². The van der Waals surface area contributed by atoms with Crippen molar-refractivity contribution in [2.24, 2.45) is 0 Å². The second kappa shape index (κ2) is 40.2. The van der Waals surface area contributed by atoms with Crippen molar-refractivity contribution < 1.29 is 77.3 Å². The largest absolute Gasteiger partial charge is 0.493 e. The van der Waals surface area contributed by atoms with Crippen LogP contribution >= 0.6 is 31.7 Å². The van der Waals surface area contributed by atoms with Gasteiger partial charge in [-0.15, -0.1) is 0 Å². The van der Waals surface area contributed by atoms with Crippen LogP contribution in [0.2, 0.25) is 0 Å². The number of rotatable bonds is 24. The molecule has 0 unspecified atom stereocenters. The van der Waals surface area contributed by atoms with Crippen molar-refractivity contribution in [3.8, 4) is 69.0 Å². The number of benzene rings is 12. The minimum Gasteiger partial charge on any atom is -0.493 e. The molecule has 0 saturated carbocycles. The SMILES string of the molecule is COc1ccccc1[PH+](c1ccccc1OC)c1ccccc1OC.COc1ccccc1[PH+](c1ccccc1OC)c1ccccc1OC.COc1ccccc1[PH+](c1ccccc1OC)c1ccccc1OC.COc1ccccc1[PH+](c1ccccc1OC)c1ccccc1OC.[Pd]. The number of ether oxygens (including phenoxy) is 12. The van der Waals surface area contributed by atoms with E-state index in [1.165, 1.54) is 63.7 Å². The Morgan fingerprint density at radius 2 is 0.198 bits per heavy atom. The van der Waals surface area contributed by atoms with Crippen molar-refractivity contribution >= 4 is 95.3 Å². The molecule has 0 heterocycles. The molecule has 0 aromatic heterocycles. The van der Waals surface area contributed by atoms with Crippen molar-refractivity contribution in [1.82, 2.24) is 0 Å². The minimum atomic E-state index is -1.38. The van der Waals surface area contributed by atoms with Gasteiger partial charge in [0.2, 0.25) is 0 Å². The van der Waals surface area contributed by atoms with Crippen molar-refractivity contribution in [2.45, 2.75) is 0 Å². The van der Waals surface area contributed by atoms with Gasteiger partial charge in [-0.25, -0.2) is 0 Å². The number of methoxy groups -OCH3 is 12. The number of para-hydroxylation sites is 12. The Balaban J connectivity index is 0.000000171. The van der Waals surface area contributed by atoms with Crippen molar-refractivity contribution in [3.05, 3.63) is 291 Å². The topological polar surface area (TPSA) is 111 Å². The summed E-state index contributed by atoms with van der Waals surface area (Å²) in [5, 5.41) is 14.0. The summed E-state index contributed by atoms with van der Waals surface area (Å²) in [6.45, 7) is 0. The average molecular weight is 1520 g/mol. The molecule has 0 saturated heterocycles. The number of hydrogen-bond acceptors (Lipinski definition) is 12. The maximum Gasteiger partial charge on any atom is 0.161 e. The van der Waals surface area contributed by atoms with Gasteiger partial charge in [0.1, 0.15) is 95.3 Å². The van der Waals surface area contributed by atoms with E-state index in [2.05, 4.69) is 72.8 Å². The second-order valence-electron chi connectivity index (χ2n) is 21.9. The van der Waals surface area contributed by atoms with Gasteiger partial charge in [0.05, 0.1) is 85.3 Å². The molecule has 0 radical (unpaired) electrons. The van der Waals surface area contributed by atoms with Gasteiger partial charge in [0.15, 0.2) is 69.0 Å². The van der Waals surface area contributed by atoms with Crippen molar-refractivity contribution in [1.29, 1.82) is 0 Å². The molecule has 0 aliphatic heterocycles. The fourth-order valence-electron chi connectivity index (χ4n) is 12.0. The molecule has 0 atom stereocenters. The molecular weight excluding hydrogens is 1430 g/mol. The summed E-state index contributed by atoms with van der Waals surface area (Å²) in [6.07, 6.45) is 0. The van der Waals surface area contributed by atoms with Gasteiger partial charge in [-0.1, -0.05) is 146 Å². The number of hydrogen-bond donors (Lipinski definition) is 0. The Hall–Kier alpha value is -9.38. The van der Waals surface area contributed by atoms with E-state index < -0.39 is 31.7 Å². The van der Waals surface area contributed by atoms with E-state index >= 15 is 0 Å². The van der Waals surface area contributed by atoms with Crippen LogP contribution in [0.15, 0.2) is 291 Å². The maximum atomic E-state index is 5.66. The molecule has 522 valence electrons. The molecule has 12 rings (SSSR count). The standard InChI is InChI=1S/4C21H21O3P.Pd/c4*1-22-16-10-4-7-13-19(16)25(20-14-8-5-11-17(20)23-2)21-15-9-6-12-18(21)24-3;/h4*4-15H,1-3H3;/p+4. The predicted octanol–water partition coefficient (Wildman–Crippen LogP) is 12.8. The van der Waals surface area contributed by atoms with E-state index in [9.17, 15) is 0 Å². The zero-order valence-electron chi connectivity index (χ0n) is 58.9. The Kier molecular flexibility index (Phi) is 30.8. The summed E-state index contributed by atoms with van der Waals surface area (Å²) in [6, 6.07) is 98.1. The zero-order valence-corrected chi connectivity index (χ0v) is 64.5. The summed E-state index contributed by atoms with van der Waals surface area (Å²) in [5.74, 6) is 10.6. The van der Waals surface area contributed by atoms with E-state index in [1.807, 2.05) is 218 Å². The third-order valence-corrected chi connectivity index (χ3v) is 27.9. The molecule has 0 aliphatic carbocycles. The van der Waals surface area contributed by atoms with E-state index in [4.69, 9.17) is 56.8 Å². The molecule has 17 heteroatoms. The normalized spacial score (nSPS) is 10.5. The Morgan fingerprint density at radius 1 is 0.129 bits per heavy atom. The summed E-state index contributed by atoms with van der Waals surface area (Å²) >= 11 is 0. The summed E-state index contributed by atoms with van der Waals surface area (Å²) in [4.78, 5) is 0. The van der Waals surface area contributed by atoms with Crippen molar-refractivity contribution in [2.75, 3.05) is 85.3 Å². The van der Waals surface area contributed by atoms with Gasteiger partial charge < -0.3 is 56.8 Å². The molecule has 12 aromatic rings. The van der Waals surface area contributed by atoms with Crippen LogP contribution in [-0.2, 0) is 20.4 Å². The van der Waals surface area contributed by atoms with Crippen LogP contribution in [0.1, 0.15) is 0 Å². The molecule has 0 aliphatic rings. The molecule has 0 N–H and O–H groups in total. The zero-order chi connectivity index (χ0) is 70.6. The molecule has 0 fully saturated rings. The van der Waals surface area contributed by atoms with E-state index in [0.717, 1.165) is 69.0 Å². The first-order valence-electron chi connectivity index (χ1n) is 32.3. The van der Waals surface area contributed by atoms with Crippen LogP contribution in [0.4, 0.5) is 0 Å². The maximum absolute atomic E-state index is 5.66. The van der Waals surface area contributed by atoms with Crippen molar-refractivity contribution in [3.63, 3.8) is 0 Å². The summed E-state index contributed by atoms with van der Waals surface area (Å²) < 4.78 is 67.9. The van der Waals surface area contributed by atoms with E-state index in [1.54, 1.807) is 85.3 Å². The Bertz CT molecular complexity index is 3520. The first kappa shape index (κ1) is 77.4. The van der Waals surface area contributed by atoms with Gasteiger partial charge >= 0.3 is 0 Å². The fraction of sp³-hybridized carbons (Fsp3) is 0.143. The van der Waals surface area contributed by atoms with E-state index in [0.29, 0.717) is 0 Å². The van der Waals surface area contributed by atoms with Crippen LogP contribution in [-0.4, -0.2) is 85.3 Å². The van der Waals surface area contributed by atoms with Gasteiger partial charge in [-0.3, -0.25) is 0 Å². The monoisotopic (exact) mass is 1520 g/mol. The van der Waals surface area contributed by atoms with Crippen LogP contribution in [0.5, 0.6) is 69.0 Å². The average Bonchev–Trinajstić information content (AvgIpc) is 0.806. The van der Waals surface area contributed by atoms with Gasteiger partial charge in [0, 0.05) is 20.4 Å². The molecule has 0 spiro atoms. The second-order valence-corrected chi connectivity index (χ2v) is 31.4. The van der Waals surface area contributed by atoms with Gasteiger partial charge in [-0.2, -0.15) is 0 Å². The first-order valence-corrected chi connectivity index (χ1v) is 38.3. The molecular formula is C84H88O12P4Pd+4. The molecule has 0 amide bonds. The fourth-order valence-corrected chi connectivity index (χ4v) is 23.8. The molecule has 101 heavy (non-hydrogen) atoms. The third kappa shape index (κ3) is 18.8.